The van der Waals surface area contributed by atoms with Gasteiger partial charge in [-0.2, -0.15) is 0 Å². The van der Waals surface area contributed by atoms with E-state index in [1.807, 2.05) is 7.11 Å². The zero-order valence-electron chi connectivity index (χ0n) is 20.8. The van der Waals surface area contributed by atoms with Crippen LogP contribution in [0.2, 0.25) is 0 Å². The third kappa shape index (κ3) is 3.81. The highest BCUT2D eigenvalue weighted by atomic mass is 16.5. The second kappa shape index (κ2) is 8.69. The average Bonchev–Trinajstić information content (AvgIpc) is 3.08. The summed E-state index contributed by atoms with van der Waals surface area (Å²) in [5.41, 5.74) is 1.13. The molecule has 10 atom stereocenters. The van der Waals surface area contributed by atoms with Gasteiger partial charge in [0.25, 0.3) is 0 Å². The summed E-state index contributed by atoms with van der Waals surface area (Å²) in [6, 6.07) is 0. The Morgan fingerprint density at radius 1 is 0.867 bits per heavy atom. The van der Waals surface area contributed by atoms with Gasteiger partial charge in [-0.05, 0) is 123 Å². The quantitative estimate of drug-likeness (QED) is 0.499. The molecule has 2 nitrogen and oxygen atoms in total. The molecule has 0 aliphatic heterocycles. The SMILES string of the molecule is CO[C@H]1CC[C@@]2(C)[C@H](CC[C@@H]3[C@@H]2CC[C@]2(C)[C@@H]([C@H](C)CCC(O)C(C)C)CC[C@@H]32)C1. The Bertz CT molecular complexity index is 587. The molecule has 0 spiro atoms. The summed E-state index contributed by atoms with van der Waals surface area (Å²) in [7, 11) is 1.92. The van der Waals surface area contributed by atoms with Crippen LogP contribution in [-0.4, -0.2) is 24.4 Å². The van der Waals surface area contributed by atoms with Gasteiger partial charge in [-0.1, -0.05) is 34.6 Å². The van der Waals surface area contributed by atoms with Gasteiger partial charge in [0.2, 0.25) is 0 Å². The van der Waals surface area contributed by atoms with Crippen LogP contribution < -0.4 is 0 Å². The van der Waals surface area contributed by atoms with Crippen molar-refractivity contribution in [1.82, 2.24) is 0 Å². The molecule has 30 heavy (non-hydrogen) atoms. The van der Waals surface area contributed by atoms with Crippen LogP contribution in [0.15, 0.2) is 0 Å². The first-order valence-electron chi connectivity index (χ1n) is 13.4. The van der Waals surface area contributed by atoms with Crippen LogP contribution in [0.5, 0.6) is 0 Å². The lowest BCUT2D eigenvalue weighted by atomic mass is 9.44. The number of hydrogen-bond acceptors (Lipinski definition) is 2. The van der Waals surface area contributed by atoms with Gasteiger partial charge in [0.15, 0.2) is 0 Å². The molecule has 2 heteroatoms. The smallest absolute Gasteiger partial charge is 0.0574 e. The van der Waals surface area contributed by atoms with Crippen LogP contribution in [0, 0.1) is 52.3 Å². The molecular formula is C28H50O2. The first-order chi connectivity index (χ1) is 14.2. The number of aliphatic hydroxyl groups excluding tert-OH is 1. The van der Waals surface area contributed by atoms with Crippen molar-refractivity contribution in [2.45, 2.75) is 117 Å². The summed E-state index contributed by atoms with van der Waals surface area (Å²) in [6.45, 7) is 12.2. The van der Waals surface area contributed by atoms with Crippen LogP contribution in [0.4, 0.5) is 0 Å². The maximum atomic E-state index is 10.3. The molecule has 0 aromatic carbocycles. The Morgan fingerprint density at radius 2 is 1.57 bits per heavy atom. The molecule has 0 amide bonds. The zero-order valence-corrected chi connectivity index (χ0v) is 20.8. The molecule has 4 saturated carbocycles. The van der Waals surface area contributed by atoms with Crippen molar-refractivity contribution in [1.29, 1.82) is 0 Å². The minimum absolute atomic E-state index is 0.120. The largest absolute Gasteiger partial charge is 0.393 e. The van der Waals surface area contributed by atoms with Crippen molar-refractivity contribution in [3.8, 4) is 0 Å². The molecule has 0 heterocycles. The molecule has 0 aromatic heterocycles. The highest BCUT2D eigenvalue weighted by Gasteiger charge is 2.60. The Labute approximate surface area is 186 Å². The maximum Gasteiger partial charge on any atom is 0.0574 e. The van der Waals surface area contributed by atoms with Crippen molar-refractivity contribution < 1.29 is 9.84 Å². The van der Waals surface area contributed by atoms with Gasteiger partial charge in [-0.25, -0.2) is 0 Å². The predicted molar refractivity (Wildman–Crippen MR) is 125 cm³/mol. The molecule has 0 aromatic rings. The second-order valence-corrected chi connectivity index (χ2v) is 12.9. The molecule has 0 bridgehead atoms. The van der Waals surface area contributed by atoms with Crippen LogP contribution in [0.25, 0.3) is 0 Å². The second-order valence-electron chi connectivity index (χ2n) is 12.9. The van der Waals surface area contributed by atoms with Gasteiger partial charge in [0.05, 0.1) is 12.2 Å². The Kier molecular flexibility index (Phi) is 6.69. The van der Waals surface area contributed by atoms with Crippen LogP contribution in [0.1, 0.15) is 105 Å². The fraction of sp³-hybridized carbons (Fsp3) is 1.00. The van der Waals surface area contributed by atoms with E-state index in [-0.39, 0.29) is 6.10 Å². The minimum atomic E-state index is -0.120. The van der Waals surface area contributed by atoms with Crippen LogP contribution >= 0.6 is 0 Å². The van der Waals surface area contributed by atoms with E-state index in [1.165, 1.54) is 64.2 Å². The molecular weight excluding hydrogens is 368 g/mol. The average molecular weight is 419 g/mol. The zero-order chi connectivity index (χ0) is 21.7. The Morgan fingerprint density at radius 3 is 2.27 bits per heavy atom. The van der Waals surface area contributed by atoms with Crippen LogP contribution in [0.3, 0.4) is 0 Å². The van der Waals surface area contributed by atoms with Crippen LogP contribution in [-0.2, 0) is 4.74 Å². The number of fused-ring (bicyclic) bond motifs is 5. The third-order valence-corrected chi connectivity index (χ3v) is 11.4. The molecule has 4 aliphatic carbocycles. The van der Waals surface area contributed by atoms with Crippen molar-refractivity contribution in [3.05, 3.63) is 0 Å². The first-order valence-corrected chi connectivity index (χ1v) is 13.4. The topological polar surface area (TPSA) is 29.5 Å². The summed E-state index contributed by atoms with van der Waals surface area (Å²) in [4.78, 5) is 0. The van der Waals surface area contributed by atoms with Gasteiger partial charge in [0.1, 0.15) is 0 Å². The number of methoxy groups -OCH3 is 1. The highest BCUT2D eigenvalue weighted by Crippen LogP contribution is 2.68. The van der Waals surface area contributed by atoms with Gasteiger partial charge >= 0.3 is 0 Å². The van der Waals surface area contributed by atoms with Gasteiger partial charge in [-0.3, -0.25) is 0 Å². The standard InChI is InChI=1S/C28H50O2/c1-18(2)26(29)12-7-19(3)23-10-11-24-22-9-8-20-17-21(30-6)13-15-27(20,4)25(22)14-16-28(23,24)5/h18-26,29H,7-17H2,1-6H3/t19-,20-,21+,22+,23-,24+,25+,26?,27+,28-/m1/s1. The van der Waals surface area contributed by atoms with Gasteiger partial charge < -0.3 is 9.84 Å². The number of rotatable bonds is 6. The van der Waals surface area contributed by atoms with Crippen molar-refractivity contribution in [2.75, 3.05) is 7.11 Å². The summed E-state index contributed by atoms with van der Waals surface area (Å²) in [5.74, 6) is 5.81. The molecule has 4 rings (SSSR count). The molecule has 1 unspecified atom stereocenters. The first kappa shape index (κ1) is 23.1. The van der Waals surface area contributed by atoms with E-state index in [0.29, 0.717) is 22.9 Å². The summed E-state index contributed by atoms with van der Waals surface area (Å²) < 4.78 is 5.78. The number of ether oxygens (including phenoxy) is 1. The molecule has 1 N–H and O–H groups in total. The minimum Gasteiger partial charge on any atom is -0.393 e. The molecule has 4 aliphatic rings. The summed E-state index contributed by atoms with van der Waals surface area (Å²) in [6.07, 6.45) is 15.4. The lowest BCUT2D eigenvalue weighted by molar-refractivity contribution is -0.133. The van der Waals surface area contributed by atoms with E-state index in [2.05, 4.69) is 34.6 Å². The molecule has 0 radical (unpaired) electrons. The fourth-order valence-electron chi connectivity index (χ4n) is 9.38. The number of hydrogen-bond donors (Lipinski definition) is 1. The van der Waals surface area contributed by atoms with E-state index in [1.54, 1.807) is 0 Å². The van der Waals surface area contributed by atoms with E-state index in [4.69, 9.17) is 4.74 Å². The van der Waals surface area contributed by atoms with E-state index < -0.39 is 0 Å². The molecule has 0 saturated heterocycles. The monoisotopic (exact) mass is 418 g/mol. The summed E-state index contributed by atoms with van der Waals surface area (Å²) >= 11 is 0. The van der Waals surface area contributed by atoms with E-state index in [9.17, 15) is 5.11 Å². The Hall–Kier alpha value is -0.0800. The fourth-order valence-corrected chi connectivity index (χ4v) is 9.38. The van der Waals surface area contributed by atoms with Crippen molar-refractivity contribution in [2.24, 2.45) is 52.3 Å². The predicted octanol–water partition coefficient (Wildman–Crippen LogP) is 7.09. The van der Waals surface area contributed by atoms with Crippen molar-refractivity contribution in [3.63, 3.8) is 0 Å². The van der Waals surface area contributed by atoms with Crippen molar-refractivity contribution >= 4 is 0 Å². The van der Waals surface area contributed by atoms with E-state index >= 15 is 0 Å². The maximum absolute atomic E-state index is 10.3. The third-order valence-electron chi connectivity index (χ3n) is 11.4. The van der Waals surface area contributed by atoms with E-state index in [0.717, 1.165) is 41.9 Å². The lowest BCUT2D eigenvalue weighted by Crippen LogP contribution is -2.54. The highest BCUT2D eigenvalue weighted by molar-refractivity contribution is 5.09. The molecule has 4 fully saturated rings. The van der Waals surface area contributed by atoms with Gasteiger partial charge in [0, 0.05) is 7.11 Å². The van der Waals surface area contributed by atoms with Gasteiger partial charge in [-0.15, -0.1) is 0 Å². The number of aliphatic hydroxyl groups is 1. The lowest BCUT2D eigenvalue weighted by Gasteiger charge is -2.61. The Balaban J connectivity index is 1.45. The molecule has 174 valence electrons. The summed E-state index contributed by atoms with van der Waals surface area (Å²) in [5, 5.41) is 10.3. The normalized spacial score (nSPS) is 48.0.